The van der Waals surface area contributed by atoms with Gasteiger partial charge in [-0.3, -0.25) is 9.59 Å². The van der Waals surface area contributed by atoms with E-state index in [1.54, 1.807) is 32.0 Å². The summed E-state index contributed by atoms with van der Waals surface area (Å²) in [5.41, 5.74) is 1.07. The fourth-order valence-electron chi connectivity index (χ4n) is 2.46. The molecule has 128 valence electrons. The van der Waals surface area contributed by atoms with E-state index in [0.29, 0.717) is 11.2 Å². The number of phenolic OH excluding ortho intramolecular Hbond substituents is 1. The zero-order valence-corrected chi connectivity index (χ0v) is 13.8. The van der Waals surface area contributed by atoms with Crippen molar-refractivity contribution in [2.24, 2.45) is 5.92 Å². The number of carbonyl (C=O) groups is 2. The maximum absolute atomic E-state index is 12.1. The predicted molar refractivity (Wildman–Crippen MR) is 88.5 cm³/mol. The molecule has 1 aromatic heterocycles. The average molecular weight is 331 g/mol. The van der Waals surface area contributed by atoms with E-state index < -0.39 is 17.9 Å². The van der Waals surface area contributed by atoms with E-state index >= 15 is 0 Å². The Kier molecular flexibility index (Phi) is 6.12. The molecule has 2 rings (SSSR count). The summed E-state index contributed by atoms with van der Waals surface area (Å²) >= 11 is 0. The third kappa shape index (κ3) is 4.44. The molecule has 0 radical (unpaired) electrons. The lowest BCUT2D eigenvalue weighted by Gasteiger charge is -2.15. The summed E-state index contributed by atoms with van der Waals surface area (Å²) < 4.78 is 9.96. The Balaban J connectivity index is 2.22. The molecule has 6 heteroatoms. The maximum Gasteiger partial charge on any atom is 0.309 e. The number of phenols is 1. The molecule has 0 fully saturated rings. The van der Waals surface area contributed by atoms with E-state index in [9.17, 15) is 14.7 Å². The minimum atomic E-state index is -0.667. The van der Waals surface area contributed by atoms with Gasteiger partial charge >= 0.3 is 11.9 Å². The van der Waals surface area contributed by atoms with Gasteiger partial charge in [0.05, 0.1) is 25.6 Å². The minimum Gasteiger partial charge on any atom is -0.506 e. The monoisotopic (exact) mass is 331 g/mol. The number of esters is 2. The van der Waals surface area contributed by atoms with Crippen LogP contribution in [-0.4, -0.2) is 35.2 Å². The molecular formula is C18H21NO5. The van der Waals surface area contributed by atoms with E-state index in [0.717, 1.165) is 5.39 Å². The van der Waals surface area contributed by atoms with Crippen LogP contribution in [0.15, 0.2) is 30.3 Å². The molecule has 0 aliphatic heterocycles. The molecule has 1 N–H and O–H groups in total. The lowest BCUT2D eigenvalue weighted by atomic mass is 9.98. The van der Waals surface area contributed by atoms with E-state index in [1.807, 2.05) is 12.1 Å². The fraction of sp³-hybridized carbons (Fsp3) is 0.389. The number of aromatic nitrogens is 1. The molecule has 1 heterocycles. The topological polar surface area (TPSA) is 85.7 Å². The van der Waals surface area contributed by atoms with Crippen molar-refractivity contribution in [3.63, 3.8) is 0 Å². The number of para-hydroxylation sites is 1. The van der Waals surface area contributed by atoms with E-state index in [1.165, 1.54) is 0 Å². The Morgan fingerprint density at radius 2 is 1.88 bits per heavy atom. The summed E-state index contributed by atoms with van der Waals surface area (Å²) in [4.78, 5) is 28.2. The first-order valence-electron chi connectivity index (χ1n) is 7.95. The summed E-state index contributed by atoms with van der Waals surface area (Å²) in [6.45, 7) is 3.93. The van der Waals surface area contributed by atoms with Crippen molar-refractivity contribution in [3.05, 3.63) is 36.0 Å². The van der Waals surface area contributed by atoms with E-state index in [4.69, 9.17) is 9.47 Å². The first kappa shape index (κ1) is 17.7. The van der Waals surface area contributed by atoms with Gasteiger partial charge in [0.2, 0.25) is 0 Å². The number of nitrogens with zero attached hydrogens (tertiary/aromatic N) is 1. The highest BCUT2D eigenvalue weighted by atomic mass is 16.5. The lowest BCUT2D eigenvalue weighted by Crippen LogP contribution is -2.24. The van der Waals surface area contributed by atoms with Gasteiger partial charge in [0.1, 0.15) is 11.3 Å². The molecule has 0 saturated carbocycles. The molecule has 0 saturated heterocycles. The number of benzene rings is 1. The fourth-order valence-corrected chi connectivity index (χ4v) is 2.46. The summed E-state index contributed by atoms with van der Waals surface area (Å²) in [6, 6.07) is 8.73. The van der Waals surface area contributed by atoms with Gasteiger partial charge in [-0.25, -0.2) is 4.98 Å². The van der Waals surface area contributed by atoms with Crippen LogP contribution < -0.4 is 0 Å². The molecule has 1 atom stereocenters. The average Bonchev–Trinajstić information content (AvgIpc) is 2.55. The first-order valence-corrected chi connectivity index (χ1v) is 7.95. The number of hydrogen-bond acceptors (Lipinski definition) is 6. The van der Waals surface area contributed by atoms with Crippen LogP contribution in [0.3, 0.4) is 0 Å². The Bertz CT molecular complexity index is 728. The van der Waals surface area contributed by atoms with Gasteiger partial charge in [-0.2, -0.15) is 0 Å². The highest BCUT2D eigenvalue weighted by Crippen LogP contribution is 2.24. The van der Waals surface area contributed by atoms with Crippen LogP contribution in [0.4, 0.5) is 0 Å². The van der Waals surface area contributed by atoms with Gasteiger partial charge in [0, 0.05) is 17.5 Å². The molecular weight excluding hydrogens is 310 g/mol. The molecule has 0 aliphatic rings. The molecule has 2 aromatic rings. The highest BCUT2D eigenvalue weighted by molar-refractivity contribution is 5.84. The standard InChI is InChI=1S/C18H21NO5/c1-3-23-16(21)11-13(18(22)24-4-2)10-14-9-8-12-6-5-7-15(20)17(12)19-14/h5-9,13,20H,3-4,10-11H2,1-2H3. The zero-order valence-electron chi connectivity index (χ0n) is 13.8. The smallest absolute Gasteiger partial charge is 0.309 e. The third-order valence-corrected chi connectivity index (χ3v) is 3.55. The molecule has 1 unspecified atom stereocenters. The lowest BCUT2D eigenvalue weighted by molar-refractivity contribution is -0.154. The summed E-state index contributed by atoms with van der Waals surface area (Å²) in [5.74, 6) is -1.49. The van der Waals surface area contributed by atoms with Gasteiger partial charge in [-0.15, -0.1) is 0 Å². The normalized spacial score (nSPS) is 11.9. The van der Waals surface area contributed by atoms with Crippen LogP contribution in [0.25, 0.3) is 10.9 Å². The van der Waals surface area contributed by atoms with E-state index in [2.05, 4.69) is 4.98 Å². The van der Waals surface area contributed by atoms with Crippen LogP contribution in [-0.2, 0) is 25.5 Å². The summed E-state index contributed by atoms with van der Waals surface area (Å²) in [5, 5.41) is 10.7. The molecule has 0 amide bonds. The molecule has 0 bridgehead atoms. The molecule has 24 heavy (non-hydrogen) atoms. The number of hydrogen-bond donors (Lipinski definition) is 1. The highest BCUT2D eigenvalue weighted by Gasteiger charge is 2.25. The van der Waals surface area contributed by atoms with Crippen molar-refractivity contribution in [2.75, 3.05) is 13.2 Å². The molecule has 0 aliphatic carbocycles. The Labute approximate surface area is 140 Å². The predicted octanol–water partition coefficient (Wildman–Crippen LogP) is 2.62. The van der Waals surface area contributed by atoms with Gasteiger partial charge in [-0.05, 0) is 26.0 Å². The second-order valence-electron chi connectivity index (χ2n) is 5.31. The second-order valence-corrected chi connectivity index (χ2v) is 5.31. The van der Waals surface area contributed by atoms with Gasteiger partial charge in [-0.1, -0.05) is 18.2 Å². The molecule has 6 nitrogen and oxygen atoms in total. The Morgan fingerprint density at radius 1 is 1.12 bits per heavy atom. The van der Waals surface area contributed by atoms with Crippen LogP contribution in [0.2, 0.25) is 0 Å². The van der Waals surface area contributed by atoms with Gasteiger partial charge in [0.25, 0.3) is 0 Å². The van der Waals surface area contributed by atoms with Crippen molar-refractivity contribution in [1.82, 2.24) is 4.98 Å². The zero-order chi connectivity index (χ0) is 17.5. The van der Waals surface area contributed by atoms with Crippen LogP contribution in [0.1, 0.15) is 26.0 Å². The van der Waals surface area contributed by atoms with Crippen LogP contribution >= 0.6 is 0 Å². The van der Waals surface area contributed by atoms with E-state index in [-0.39, 0.29) is 31.8 Å². The molecule has 1 aromatic carbocycles. The number of aromatic hydroxyl groups is 1. The number of rotatable bonds is 7. The number of ether oxygens (including phenoxy) is 2. The van der Waals surface area contributed by atoms with Crippen molar-refractivity contribution >= 4 is 22.8 Å². The Hall–Kier alpha value is -2.63. The van der Waals surface area contributed by atoms with Crippen molar-refractivity contribution < 1.29 is 24.2 Å². The number of fused-ring (bicyclic) bond motifs is 1. The second kappa shape index (κ2) is 8.29. The van der Waals surface area contributed by atoms with Gasteiger partial charge < -0.3 is 14.6 Å². The minimum absolute atomic E-state index is 0.0623. The number of pyridine rings is 1. The first-order chi connectivity index (χ1) is 11.5. The number of carbonyl (C=O) groups excluding carboxylic acids is 2. The maximum atomic E-state index is 12.1. The molecule has 0 spiro atoms. The van der Waals surface area contributed by atoms with Gasteiger partial charge in [0.15, 0.2) is 0 Å². The van der Waals surface area contributed by atoms with Crippen LogP contribution in [0, 0.1) is 5.92 Å². The Morgan fingerprint density at radius 3 is 2.58 bits per heavy atom. The van der Waals surface area contributed by atoms with Crippen molar-refractivity contribution in [2.45, 2.75) is 26.7 Å². The third-order valence-electron chi connectivity index (χ3n) is 3.55. The van der Waals surface area contributed by atoms with Crippen molar-refractivity contribution in [3.8, 4) is 5.75 Å². The van der Waals surface area contributed by atoms with Crippen molar-refractivity contribution in [1.29, 1.82) is 0 Å². The largest absolute Gasteiger partial charge is 0.506 e. The summed E-state index contributed by atoms with van der Waals surface area (Å²) in [6.07, 6.45) is 0.176. The SMILES string of the molecule is CCOC(=O)CC(Cc1ccc2cccc(O)c2n1)C(=O)OCC. The summed E-state index contributed by atoms with van der Waals surface area (Å²) in [7, 11) is 0. The quantitative estimate of drug-likeness (QED) is 0.785. The van der Waals surface area contributed by atoms with Crippen LogP contribution in [0.5, 0.6) is 5.75 Å².